The lowest BCUT2D eigenvalue weighted by molar-refractivity contribution is 0.0696. The molecule has 0 aliphatic rings. The molecule has 2 aromatic rings. The van der Waals surface area contributed by atoms with Crippen molar-refractivity contribution in [2.45, 2.75) is 0 Å². The Bertz CT molecular complexity index is 746. The van der Waals surface area contributed by atoms with Gasteiger partial charge in [0, 0.05) is 0 Å². The number of carbonyl (C=O) groups is 1. The number of nitrogens with one attached hydrogen (secondary N) is 1. The highest BCUT2D eigenvalue weighted by Gasteiger charge is 2.17. The minimum absolute atomic E-state index is 0.127. The van der Waals surface area contributed by atoms with E-state index in [0.29, 0.717) is 12.1 Å². The molecular weight excluding hydrogens is 285 g/mol. The Morgan fingerprint density at radius 1 is 1.14 bits per heavy atom. The fourth-order valence-electron chi connectivity index (χ4n) is 1.69. The van der Waals surface area contributed by atoms with Crippen molar-refractivity contribution in [2.75, 3.05) is 5.32 Å². The van der Waals surface area contributed by atoms with E-state index in [1.165, 1.54) is 12.1 Å². The van der Waals surface area contributed by atoms with Gasteiger partial charge in [-0.25, -0.2) is 18.0 Å². The molecule has 0 fully saturated rings. The van der Waals surface area contributed by atoms with E-state index in [2.05, 4.69) is 5.32 Å². The van der Waals surface area contributed by atoms with Crippen LogP contribution in [-0.4, -0.2) is 11.1 Å². The maximum atomic E-state index is 13.8. The number of hydrogen-bond donors (Lipinski definition) is 2. The van der Waals surface area contributed by atoms with Gasteiger partial charge in [0.1, 0.15) is 23.1 Å². The van der Waals surface area contributed by atoms with Crippen LogP contribution in [0.25, 0.3) is 0 Å². The number of carboxylic acids is 1. The van der Waals surface area contributed by atoms with Crippen LogP contribution in [0.15, 0.2) is 30.3 Å². The highest BCUT2D eigenvalue weighted by molar-refractivity contribution is 5.88. The number of aromatic carboxylic acids is 1. The number of nitrogens with zero attached hydrogens (tertiary/aromatic N) is 1. The number of halogens is 3. The monoisotopic (exact) mass is 292 g/mol. The van der Waals surface area contributed by atoms with Gasteiger partial charge in [0.05, 0.1) is 11.3 Å². The zero-order chi connectivity index (χ0) is 15.6. The van der Waals surface area contributed by atoms with E-state index in [9.17, 15) is 18.0 Å². The van der Waals surface area contributed by atoms with Crippen LogP contribution in [0.4, 0.5) is 24.5 Å². The number of benzene rings is 2. The summed E-state index contributed by atoms with van der Waals surface area (Å²) in [5, 5.41) is 19.8. The largest absolute Gasteiger partial charge is 0.478 e. The molecule has 0 aliphatic carbocycles. The SMILES string of the molecule is N#Cc1c(F)cccc1Nc1c(F)cc(C(=O)O)cc1F. The highest BCUT2D eigenvalue weighted by atomic mass is 19.1. The molecule has 0 unspecified atom stereocenters. The van der Waals surface area contributed by atoms with Crippen molar-refractivity contribution in [1.29, 1.82) is 5.26 Å². The van der Waals surface area contributed by atoms with Gasteiger partial charge in [-0.05, 0) is 24.3 Å². The second kappa shape index (κ2) is 5.54. The third-order valence-corrected chi connectivity index (χ3v) is 2.67. The second-order valence-electron chi connectivity index (χ2n) is 4.02. The van der Waals surface area contributed by atoms with Crippen molar-refractivity contribution in [1.82, 2.24) is 0 Å². The van der Waals surface area contributed by atoms with Gasteiger partial charge < -0.3 is 10.4 Å². The van der Waals surface area contributed by atoms with E-state index < -0.39 is 40.2 Å². The summed E-state index contributed by atoms with van der Waals surface area (Å²) in [4.78, 5) is 10.7. The molecule has 0 bridgehead atoms. The first-order chi connectivity index (χ1) is 9.93. The Hall–Kier alpha value is -3.01. The van der Waals surface area contributed by atoms with Crippen LogP contribution in [0, 0.1) is 28.8 Å². The first-order valence-electron chi connectivity index (χ1n) is 5.62. The van der Waals surface area contributed by atoms with Crippen LogP contribution in [-0.2, 0) is 0 Å². The van der Waals surface area contributed by atoms with E-state index in [4.69, 9.17) is 10.4 Å². The Morgan fingerprint density at radius 3 is 2.29 bits per heavy atom. The third-order valence-electron chi connectivity index (χ3n) is 2.67. The zero-order valence-corrected chi connectivity index (χ0v) is 10.3. The molecule has 106 valence electrons. The smallest absolute Gasteiger partial charge is 0.335 e. The Morgan fingerprint density at radius 2 is 1.76 bits per heavy atom. The van der Waals surface area contributed by atoms with Crippen LogP contribution in [0.1, 0.15) is 15.9 Å². The molecular formula is C14H7F3N2O2. The average molecular weight is 292 g/mol. The van der Waals surface area contributed by atoms with Crippen molar-refractivity contribution in [3.05, 3.63) is 58.9 Å². The molecule has 0 aromatic heterocycles. The molecule has 2 aromatic carbocycles. The fraction of sp³-hybridized carbons (Fsp3) is 0. The Labute approximate surface area is 117 Å². The number of nitriles is 1. The van der Waals surface area contributed by atoms with Gasteiger partial charge in [-0.15, -0.1) is 0 Å². The van der Waals surface area contributed by atoms with Crippen LogP contribution in [0.2, 0.25) is 0 Å². The van der Waals surface area contributed by atoms with E-state index in [0.717, 1.165) is 6.07 Å². The Kier molecular flexibility index (Phi) is 3.80. The summed E-state index contributed by atoms with van der Waals surface area (Å²) >= 11 is 0. The van der Waals surface area contributed by atoms with Crippen molar-refractivity contribution in [3.8, 4) is 6.07 Å². The topological polar surface area (TPSA) is 73.1 Å². The molecule has 0 amide bonds. The van der Waals surface area contributed by atoms with Crippen LogP contribution in [0.5, 0.6) is 0 Å². The van der Waals surface area contributed by atoms with E-state index in [-0.39, 0.29) is 5.69 Å². The molecule has 2 rings (SSSR count). The summed E-state index contributed by atoms with van der Waals surface area (Å²) in [6.07, 6.45) is 0. The number of carboxylic acid groups (broad SMARTS) is 1. The van der Waals surface area contributed by atoms with Crippen molar-refractivity contribution in [2.24, 2.45) is 0 Å². The lowest BCUT2D eigenvalue weighted by atomic mass is 10.1. The predicted molar refractivity (Wildman–Crippen MR) is 67.7 cm³/mol. The summed E-state index contributed by atoms with van der Waals surface area (Å²) in [6, 6.07) is 6.39. The lowest BCUT2D eigenvalue weighted by Crippen LogP contribution is -2.04. The molecule has 0 saturated carbocycles. The van der Waals surface area contributed by atoms with E-state index in [1.54, 1.807) is 6.07 Å². The number of rotatable bonds is 3. The van der Waals surface area contributed by atoms with Gasteiger partial charge in [0.15, 0.2) is 11.6 Å². The van der Waals surface area contributed by atoms with Gasteiger partial charge >= 0.3 is 5.97 Å². The van der Waals surface area contributed by atoms with Crippen LogP contribution < -0.4 is 5.32 Å². The summed E-state index contributed by atoms with van der Waals surface area (Å²) in [5.74, 6) is -4.66. The average Bonchev–Trinajstić information content (AvgIpc) is 2.42. The summed E-state index contributed by atoms with van der Waals surface area (Å²) < 4.78 is 40.9. The molecule has 21 heavy (non-hydrogen) atoms. The normalized spacial score (nSPS) is 10.0. The maximum absolute atomic E-state index is 13.8. The molecule has 7 heteroatoms. The van der Waals surface area contributed by atoms with E-state index >= 15 is 0 Å². The summed E-state index contributed by atoms with van der Waals surface area (Å²) in [6.45, 7) is 0. The maximum Gasteiger partial charge on any atom is 0.335 e. The van der Waals surface area contributed by atoms with Crippen molar-refractivity contribution in [3.63, 3.8) is 0 Å². The second-order valence-corrected chi connectivity index (χ2v) is 4.02. The van der Waals surface area contributed by atoms with Gasteiger partial charge in [-0.2, -0.15) is 5.26 Å². The first-order valence-corrected chi connectivity index (χ1v) is 5.62. The molecule has 0 spiro atoms. The molecule has 0 atom stereocenters. The lowest BCUT2D eigenvalue weighted by Gasteiger charge is -2.11. The van der Waals surface area contributed by atoms with E-state index in [1.807, 2.05) is 0 Å². The standard InChI is InChI=1S/C14H7F3N2O2/c15-9-2-1-3-12(8(9)6-18)19-13-10(16)4-7(14(20)21)5-11(13)17/h1-5,19H,(H,20,21). The van der Waals surface area contributed by atoms with Gasteiger partial charge in [0.2, 0.25) is 0 Å². The number of hydrogen-bond acceptors (Lipinski definition) is 3. The predicted octanol–water partition coefficient (Wildman–Crippen LogP) is 3.42. The minimum Gasteiger partial charge on any atom is -0.478 e. The number of anilines is 2. The first kappa shape index (κ1) is 14.4. The molecule has 4 nitrogen and oxygen atoms in total. The van der Waals surface area contributed by atoms with Crippen molar-refractivity contribution < 1.29 is 23.1 Å². The van der Waals surface area contributed by atoms with Crippen LogP contribution in [0.3, 0.4) is 0 Å². The van der Waals surface area contributed by atoms with Crippen molar-refractivity contribution >= 4 is 17.3 Å². The third kappa shape index (κ3) is 2.79. The fourth-order valence-corrected chi connectivity index (χ4v) is 1.69. The molecule has 0 heterocycles. The zero-order valence-electron chi connectivity index (χ0n) is 10.3. The van der Waals surface area contributed by atoms with Crippen LogP contribution >= 0.6 is 0 Å². The highest BCUT2D eigenvalue weighted by Crippen LogP contribution is 2.27. The summed E-state index contributed by atoms with van der Waals surface area (Å²) in [5.41, 5.74) is -1.76. The molecule has 0 saturated heterocycles. The quantitative estimate of drug-likeness (QED) is 0.909. The molecule has 0 aliphatic heterocycles. The minimum atomic E-state index is -1.48. The Balaban J connectivity index is 2.49. The van der Waals surface area contributed by atoms with Gasteiger partial charge in [-0.1, -0.05) is 6.07 Å². The molecule has 0 radical (unpaired) electrons. The molecule has 2 N–H and O–H groups in total. The van der Waals surface area contributed by atoms with Gasteiger partial charge in [-0.3, -0.25) is 0 Å². The van der Waals surface area contributed by atoms with Gasteiger partial charge in [0.25, 0.3) is 0 Å². The summed E-state index contributed by atoms with van der Waals surface area (Å²) in [7, 11) is 0.